The van der Waals surface area contributed by atoms with Gasteiger partial charge in [0.25, 0.3) is 5.91 Å². The van der Waals surface area contributed by atoms with Gasteiger partial charge in [0.2, 0.25) is 11.5 Å². The molecule has 1 aromatic rings. The van der Waals surface area contributed by atoms with Crippen LogP contribution in [0.25, 0.3) is 0 Å². The van der Waals surface area contributed by atoms with E-state index in [4.69, 9.17) is 5.26 Å². The quantitative estimate of drug-likeness (QED) is 0.866. The molecule has 27 heavy (non-hydrogen) atoms. The first kappa shape index (κ1) is 20.7. The summed E-state index contributed by atoms with van der Waals surface area (Å²) in [5.74, 6) is -2.05. The van der Waals surface area contributed by atoms with Gasteiger partial charge in [0.15, 0.2) is 0 Å². The van der Waals surface area contributed by atoms with E-state index in [-0.39, 0.29) is 31.8 Å². The van der Waals surface area contributed by atoms with E-state index < -0.39 is 23.6 Å². The Morgan fingerprint density at radius 2 is 1.74 bits per heavy atom. The van der Waals surface area contributed by atoms with Crippen molar-refractivity contribution in [1.82, 2.24) is 4.90 Å². The number of hydrogen-bond acceptors (Lipinski definition) is 4. The average Bonchev–Trinajstić information content (AvgIpc) is 2.65. The summed E-state index contributed by atoms with van der Waals surface area (Å²) in [6.45, 7) is 0.358. The molecule has 9 heteroatoms. The summed E-state index contributed by atoms with van der Waals surface area (Å²) in [6, 6.07) is 8.42. The molecule has 1 aromatic carbocycles. The predicted molar refractivity (Wildman–Crippen MR) is 90.5 cm³/mol. The summed E-state index contributed by atoms with van der Waals surface area (Å²) in [5.41, 5.74) is -2.39. The van der Waals surface area contributed by atoms with Gasteiger partial charge in [0, 0.05) is 31.7 Å². The second kappa shape index (κ2) is 7.56. The first-order chi connectivity index (χ1) is 12.5. The smallest absolute Gasteiger partial charge is 0.373 e. The lowest BCUT2D eigenvalue weighted by atomic mass is 9.93. The van der Waals surface area contributed by atoms with Gasteiger partial charge < -0.3 is 14.9 Å². The molecule has 6 nitrogen and oxygen atoms in total. The molecule has 0 unspecified atom stereocenters. The van der Waals surface area contributed by atoms with Crippen LogP contribution in [0.4, 0.5) is 18.9 Å². The Labute approximate surface area is 154 Å². The highest BCUT2D eigenvalue weighted by atomic mass is 19.4. The van der Waals surface area contributed by atoms with Crippen LogP contribution in [0.15, 0.2) is 24.3 Å². The number of halogens is 3. The number of nitrogens with zero attached hydrogens (tertiary/aromatic N) is 3. The molecule has 0 saturated carbocycles. The van der Waals surface area contributed by atoms with E-state index in [1.54, 1.807) is 31.3 Å². The van der Waals surface area contributed by atoms with Gasteiger partial charge in [-0.2, -0.15) is 18.4 Å². The van der Waals surface area contributed by atoms with Crippen LogP contribution in [-0.2, 0) is 9.59 Å². The van der Waals surface area contributed by atoms with Crippen LogP contribution in [0, 0.1) is 17.2 Å². The summed E-state index contributed by atoms with van der Waals surface area (Å²) >= 11 is 0. The van der Waals surface area contributed by atoms with Gasteiger partial charge in [-0.05, 0) is 44.0 Å². The number of hydrogen-bond donors (Lipinski definition) is 1. The van der Waals surface area contributed by atoms with E-state index in [1.165, 1.54) is 4.90 Å². The Balaban J connectivity index is 1.99. The predicted octanol–water partition coefficient (Wildman–Crippen LogP) is 2.07. The summed E-state index contributed by atoms with van der Waals surface area (Å²) in [6.07, 6.45) is -4.65. The Hall–Kier alpha value is -2.60. The number of nitriles is 1. The zero-order valence-electron chi connectivity index (χ0n) is 15.0. The maximum Gasteiger partial charge on any atom is 0.426 e. The lowest BCUT2D eigenvalue weighted by Crippen LogP contribution is -2.57. The molecule has 2 amide bonds. The zero-order valence-corrected chi connectivity index (χ0v) is 15.0. The number of carbonyl (C=O) groups excluding carboxylic acids is 2. The third kappa shape index (κ3) is 4.22. The maximum absolute atomic E-state index is 12.8. The number of benzene rings is 1. The molecule has 1 N–H and O–H groups in total. The maximum atomic E-state index is 12.8. The zero-order chi connectivity index (χ0) is 20.4. The molecule has 1 atom stereocenters. The van der Waals surface area contributed by atoms with Gasteiger partial charge in [-0.1, -0.05) is 0 Å². The van der Waals surface area contributed by atoms with E-state index in [0.717, 1.165) is 4.90 Å². The van der Waals surface area contributed by atoms with Gasteiger partial charge in [-0.15, -0.1) is 0 Å². The molecule has 2 rings (SSSR count). The molecule has 0 spiro atoms. The summed E-state index contributed by atoms with van der Waals surface area (Å²) in [4.78, 5) is 27.0. The fraction of sp³-hybridized carbons (Fsp3) is 0.500. The minimum absolute atomic E-state index is 0.0390. The van der Waals surface area contributed by atoms with Crippen LogP contribution < -0.4 is 4.90 Å². The molecule has 0 aliphatic carbocycles. The van der Waals surface area contributed by atoms with E-state index in [9.17, 15) is 27.9 Å². The first-order valence-corrected chi connectivity index (χ1v) is 8.35. The van der Waals surface area contributed by atoms with E-state index >= 15 is 0 Å². The highest BCUT2D eigenvalue weighted by Crippen LogP contribution is 2.33. The number of piperidine rings is 1. The first-order valence-electron chi connectivity index (χ1n) is 8.35. The standard InChI is InChI=1S/C18H20F3N3O3/c1-17(27,18(19,20)21)16(26)24-9-7-13(8-10-24)15(25)23(2)14-5-3-12(11-22)4-6-14/h3-6,13,27H,7-10H2,1-2H3/t17-/m1/s1. The van der Waals surface area contributed by atoms with Crippen LogP contribution >= 0.6 is 0 Å². The van der Waals surface area contributed by atoms with Crippen molar-refractivity contribution in [2.75, 3.05) is 25.0 Å². The van der Waals surface area contributed by atoms with Gasteiger partial charge in [-0.25, -0.2) is 0 Å². The second-order valence-corrected chi connectivity index (χ2v) is 6.69. The number of likely N-dealkylation sites (tertiary alicyclic amines) is 1. The van der Waals surface area contributed by atoms with E-state index in [1.807, 2.05) is 6.07 Å². The molecule has 0 radical (unpaired) electrons. The van der Waals surface area contributed by atoms with Crippen LogP contribution in [0.1, 0.15) is 25.3 Å². The third-order valence-corrected chi connectivity index (χ3v) is 4.81. The van der Waals surface area contributed by atoms with Crippen molar-refractivity contribution in [2.24, 2.45) is 5.92 Å². The molecule has 0 bridgehead atoms. The van der Waals surface area contributed by atoms with Crippen molar-refractivity contribution in [2.45, 2.75) is 31.5 Å². The molecule has 1 aliphatic rings. The van der Waals surface area contributed by atoms with Crippen molar-refractivity contribution < 1.29 is 27.9 Å². The summed E-state index contributed by atoms with van der Waals surface area (Å²) in [5, 5.41) is 18.3. The highest BCUT2D eigenvalue weighted by Gasteiger charge is 2.57. The average molecular weight is 383 g/mol. The number of rotatable bonds is 3. The fourth-order valence-electron chi connectivity index (χ4n) is 2.92. The lowest BCUT2D eigenvalue weighted by Gasteiger charge is -2.37. The Bertz CT molecular complexity index is 746. The van der Waals surface area contributed by atoms with Crippen LogP contribution in [0.2, 0.25) is 0 Å². The number of carbonyl (C=O) groups is 2. The molecule has 1 heterocycles. The minimum Gasteiger partial charge on any atom is -0.373 e. The Morgan fingerprint density at radius 3 is 2.19 bits per heavy atom. The Kier molecular flexibility index (Phi) is 5.80. The molecule has 1 saturated heterocycles. The minimum atomic E-state index is -5.06. The fourth-order valence-corrected chi connectivity index (χ4v) is 2.92. The van der Waals surface area contributed by atoms with Crippen LogP contribution in [-0.4, -0.2) is 53.7 Å². The summed E-state index contributed by atoms with van der Waals surface area (Å²) < 4.78 is 38.4. The van der Waals surface area contributed by atoms with Crippen LogP contribution in [0.5, 0.6) is 0 Å². The van der Waals surface area contributed by atoms with Gasteiger partial charge in [-0.3, -0.25) is 9.59 Å². The van der Waals surface area contributed by atoms with E-state index in [0.29, 0.717) is 18.2 Å². The number of anilines is 1. The van der Waals surface area contributed by atoms with Crippen molar-refractivity contribution in [1.29, 1.82) is 5.26 Å². The number of alkyl halides is 3. The van der Waals surface area contributed by atoms with E-state index in [2.05, 4.69) is 0 Å². The Morgan fingerprint density at radius 1 is 1.22 bits per heavy atom. The molecule has 146 valence electrons. The topological polar surface area (TPSA) is 84.6 Å². The van der Waals surface area contributed by atoms with Gasteiger partial charge in [0.1, 0.15) is 0 Å². The third-order valence-electron chi connectivity index (χ3n) is 4.81. The summed E-state index contributed by atoms with van der Waals surface area (Å²) in [7, 11) is 1.58. The molecule has 0 aromatic heterocycles. The molecule has 1 fully saturated rings. The molecular formula is C18H20F3N3O3. The molecular weight excluding hydrogens is 363 g/mol. The van der Waals surface area contributed by atoms with Crippen molar-refractivity contribution in [3.63, 3.8) is 0 Å². The largest absolute Gasteiger partial charge is 0.426 e. The lowest BCUT2D eigenvalue weighted by molar-refractivity contribution is -0.250. The number of aliphatic hydroxyl groups is 1. The van der Waals surface area contributed by atoms with Gasteiger partial charge in [0.05, 0.1) is 11.6 Å². The second-order valence-electron chi connectivity index (χ2n) is 6.69. The monoisotopic (exact) mass is 383 g/mol. The van der Waals surface area contributed by atoms with Crippen LogP contribution in [0.3, 0.4) is 0 Å². The van der Waals surface area contributed by atoms with Crippen molar-refractivity contribution in [3.8, 4) is 6.07 Å². The highest BCUT2D eigenvalue weighted by molar-refractivity contribution is 5.95. The normalized spacial score (nSPS) is 17.7. The van der Waals surface area contributed by atoms with Crippen molar-refractivity contribution >= 4 is 17.5 Å². The SMILES string of the molecule is CN(C(=O)C1CCN(C(=O)[C@@](C)(O)C(F)(F)F)CC1)c1ccc(C#N)cc1. The van der Waals surface area contributed by atoms with Gasteiger partial charge >= 0.3 is 6.18 Å². The molecule has 1 aliphatic heterocycles. The van der Waals surface area contributed by atoms with Crippen molar-refractivity contribution in [3.05, 3.63) is 29.8 Å². The number of amides is 2.